The third-order valence-corrected chi connectivity index (χ3v) is 13.7. The van der Waals surface area contributed by atoms with Gasteiger partial charge in [-0.15, -0.1) is 4.91 Å². The Morgan fingerprint density at radius 3 is 1.49 bits per heavy atom. The maximum atomic E-state index is 14.1. The monoisotopic (exact) mass is 1120 g/mol. The molecule has 0 radical (unpaired) electrons. The highest BCUT2D eigenvalue weighted by Crippen LogP contribution is 2.36. The number of nitroso groups, excluding NO2 is 1. The Labute approximate surface area is 469 Å². The molecule has 0 bridgehead atoms. The van der Waals surface area contributed by atoms with Crippen LogP contribution in [-0.4, -0.2) is 96.1 Å². The van der Waals surface area contributed by atoms with Crippen LogP contribution in [0.3, 0.4) is 0 Å². The van der Waals surface area contributed by atoms with Gasteiger partial charge in [-0.1, -0.05) is 54.6 Å². The maximum Gasteiger partial charge on any atom is 0.247 e. The number of amides is 2. The zero-order chi connectivity index (χ0) is 57.6. The molecule has 2 amide bonds. The zero-order valence-corrected chi connectivity index (χ0v) is 43.3. The number of pyridine rings is 3. The first-order valence-electron chi connectivity index (χ1n) is 25.6. The van der Waals surface area contributed by atoms with E-state index in [-0.39, 0.29) is 78.4 Å². The lowest BCUT2D eigenvalue weighted by Crippen LogP contribution is -2.19. The van der Waals surface area contributed by atoms with Crippen molar-refractivity contribution in [3.8, 4) is 40.4 Å². The Balaban J connectivity index is 0.000000118. The summed E-state index contributed by atoms with van der Waals surface area (Å²) in [7, 11) is 0. The summed E-state index contributed by atoms with van der Waals surface area (Å²) in [5.41, 5.74) is 12.0. The van der Waals surface area contributed by atoms with Crippen LogP contribution in [0.4, 0.5) is 30.5 Å². The second-order valence-corrected chi connectivity index (χ2v) is 19.0. The first kappa shape index (κ1) is 51.8. The predicted molar refractivity (Wildman–Crippen MR) is 299 cm³/mol. The Kier molecular flexibility index (Phi) is 13.2. The number of carbonyl (C=O) groups excluding carboxylic acids is 2. The van der Waals surface area contributed by atoms with Crippen molar-refractivity contribution in [1.29, 1.82) is 0 Å². The third kappa shape index (κ3) is 9.65. The number of aromatic nitrogens is 16. The van der Waals surface area contributed by atoms with Gasteiger partial charge in [-0.2, -0.15) is 15.3 Å². The number of fused-ring (bicyclic) bond motifs is 6. The van der Waals surface area contributed by atoms with E-state index in [2.05, 4.69) is 80.9 Å². The molecule has 12 heterocycles. The molecule has 15 rings (SSSR count). The topological polar surface area (TPSA) is 319 Å². The van der Waals surface area contributed by atoms with Crippen LogP contribution in [0.5, 0.6) is 5.88 Å². The Bertz CT molecular complexity index is 4770. The molecule has 0 spiro atoms. The van der Waals surface area contributed by atoms with Crippen molar-refractivity contribution in [2.75, 3.05) is 10.6 Å². The lowest BCUT2D eigenvalue weighted by molar-refractivity contribution is -0.117. The minimum atomic E-state index is -0.777. The molecular weight excluding hydrogens is 1090 g/mol. The SMILES string of the molecule is NC1C(=O)Nc2nc(-c3nn(Cc4ccccc4F)c4ncccc34)ncc21.O=C1Cc2cnc(-c3nn(Cc4ccccc4F)c4ncccc34)nc2N1.O=Nc1c(O)[nH]c2nc(-c3nn(Cc4ccccc4F)c4ncccc34)ncc12. The van der Waals surface area contributed by atoms with Crippen molar-refractivity contribution in [2.24, 2.45) is 10.9 Å². The van der Waals surface area contributed by atoms with Gasteiger partial charge in [0.2, 0.25) is 17.7 Å². The van der Waals surface area contributed by atoms with Gasteiger partial charge in [0.25, 0.3) is 0 Å². The predicted octanol–water partition coefficient (Wildman–Crippen LogP) is 8.26. The van der Waals surface area contributed by atoms with Crippen molar-refractivity contribution in [2.45, 2.75) is 32.1 Å². The largest absolute Gasteiger partial charge is 0.493 e. The highest BCUT2D eigenvalue weighted by Gasteiger charge is 2.30. The van der Waals surface area contributed by atoms with Crippen LogP contribution in [-0.2, 0) is 35.6 Å². The minimum Gasteiger partial charge on any atom is -0.493 e. The molecule has 2 aliphatic heterocycles. The number of halogens is 3. The molecule has 24 nitrogen and oxygen atoms in total. The van der Waals surface area contributed by atoms with Crippen LogP contribution in [0, 0.1) is 22.4 Å². The molecule has 412 valence electrons. The van der Waals surface area contributed by atoms with Crippen LogP contribution in [0.2, 0.25) is 0 Å². The fourth-order valence-corrected chi connectivity index (χ4v) is 9.65. The molecule has 0 aliphatic carbocycles. The van der Waals surface area contributed by atoms with Gasteiger partial charge in [0.15, 0.2) is 40.1 Å². The molecule has 13 aromatic rings. The fraction of sp³-hybridized carbons (Fsp3) is 0.0877. The molecule has 10 aromatic heterocycles. The van der Waals surface area contributed by atoms with Crippen molar-refractivity contribution in [3.63, 3.8) is 0 Å². The molecule has 1 atom stereocenters. The molecule has 0 fully saturated rings. The molecule has 1 unspecified atom stereocenters. The second kappa shape index (κ2) is 21.5. The number of hydrogen-bond acceptors (Lipinski definition) is 18. The summed E-state index contributed by atoms with van der Waals surface area (Å²) in [6.07, 6.45) is 9.76. The normalized spacial score (nSPS) is 13.3. The van der Waals surface area contributed by atoms with Crippen LogP contribution in [0.25, 0.3) is 78.7 Å². The number of rotatable bonds is 10. The Morgan fingerprint density at radius 1 is 0.548 bits per heavy atom. The Morgan fingerprint density at radius 2 is 1.00 bits per heavy atom. The molecule has 3 aromatic carbocycles. The maximum absolute atomic E-state index is 14.1. The first-order chi connectivity index (χ1) is 41.0. The smallest absolute Gasteiger partial charge is 0.247 e. The fourth-order valence-electron chi connectivity index (χ4n) is 9.65. The van der Waals surface area contributed by atoms with E-state index in [1.165, 1.54) is 30.6 Å². The summed E-state index contributed by atoms with van der Waals surface area (Å²) in [5, 5.41) is 34.1. The summed E-state index contributed by atoms with van der Waals surface area (Å²) in [5.74, 6) is 0.130. The van der Waals surface area contributed by atoms with E-state index >= 15 is 0 Å². The highest BCUT2D eigenvalue weighted by atomic mass is 19.1. The summed E-state index contributed by atoms with van der Waals surface area (Å²) < 4.78 is 47.1. The van der Waals surface area contributed by atoms with Crippen LogP contribution < -0.4 is 16.4 Å². The standard InChI is InChI=1S/C19H12FN7O2.C19H14FN7O.C19H13FN6O/c20-13-6-2-1-4-10(13)9-27-18-11(5-3-7-21-18)14(25-27)17-22-8-12-15(26-29)19(28)24-16(12)23-17;20-13-6-2-1-4-10(13)9-27-18-11(5-3-7-22-18)15(26-27)17-23-8-12-14(21)19(28)25-16(12)24-17;20-14-6-2-1-4-11(14)10-26-19-13(5-3-7-21-19)16(25-26)18-22-9-12-8-15(27)23-17(12)24-18/h1-8,28H,9H2,(H,22,23,24);1-8,14H,9,21H2,(H,23,24,25,28);1-7,9H,8,10H2,(H,22,23,24,27). The van der Waals surface area contributed by atoms with Gasteiger partial charge in [0.1, 0.15) is 57.9 Å². The average molecular weight is 1130 g/mol. The number of hydrogen-bond donors (Lipinski definition) is 5. The molecule has 2 aliphatic rings. The van der Waals surface area contributed by atoms with Gasteiger partial charge >= 0.3 is 0 Å². The number of carbonyl (C=O) groups is 2. The number of nitrogens with two attached hydrogens (primary N) is 1. The van der Waals surface area contributed by atoms with E-state index in [0.717, 1.165) is 16.3 Å². The van der Waals surface area contributed by atoms with Crippen LogP contribution in [0.15, 0.2) is 152 Å². The number of H-pyrrole nitrogens is 1. The van der Waals surface area contributed by atoms with E-state index in [9.17, 15) is 32.8 Å². The number of nitrogens with one attached hydrogen (secondary N) is 3. The van der Waals surface area contributed by atoms with Gasteiger partial charge in [-0.25, -0.2) is 72.1 Å². The van der Waals surface area contributed by atoms with Gasteiger partial charge in [0.05, 0.1) is 47.6 Å². The first-order valence-corrected chi connectivity index (χ1v) is 25.6. The van der Waals surface area contributed by atoms with Gasteiger partial charge in [0, 0.05) is 65.0 Å². The summed E-state index contributed by atoms with van der Waals surface area (Å²) in [6, 6.07) is 29.7. The quantitative estimate of drug-likeness (QED) is 0.0804. The summed E-state index contributed by atoms with van der Waals surface area (Å²) in [4.78, 5) is 76.1. The van der Waals surface area contributed by atoms with E-state index < -0.39 is 6.04 Å². The molecule has 0 saturated carbocycles. The van der Waals surface area contributed by atoms with E-state index in [1.54, 1.807) is 112 Å². The number of benzene rings is 3. The third-order valence-electron chi connectivity index (χ3n) is 13.7. The van der Waals surface area contributed by atoms with Crippen molar-refractivity contribution >= 4 is 73.3 Å². The molecule has 6 N–H and O–H groups in total. The number of nitrogens with zero attached hydrogens (tertiary/aromatic N) is 16. The molecular formula is C57H39F3N20O4. The highest BCUT2D eigenvalue weighted by molar-refractivity contribution is 6.02. The van der Waals surface area contributed by atoms with E-state index in [0.29, 0.717) is 90.3 Å². The van der Waals surface area contributed by atoms with E-state index in [4.69, 9.17) is 5.73 Å². The zero-order valence-electron chi connectivity index (χ0n) is 43.3. The van der Waals surface area contributed by atoms with Crippen LogP contribution in [0.1, 0.15) is 33.9 Å². The van der Waals surface area contributed by atoms with Crippen LogP contribution >= 0.6 is 0 Å². The number of anilines is 2. The summed E-state index contributed by atoms with van der Waals surface area (Å²) >= 11 is 0. The summed E-state index contributed by atoms with van der Waals surface area (Å²) in [6.45, 7) is 0.638. The van der Waals surface area contributed by atoms with Crippen molar-refractivity contribution in [1.82, 2.24) is 79.2 Å². The van der Waals surface area contributed by atoms with Crippen molar-refractivity contribution in [3.05, 3.63) is 197 Å². The second-order valence-electron chi connectivity index (χ2n) is 19.0. The van der Waals surface area contributed by atoms with E-state index in [1.807, 2.05) is 18.2 Å². The Hall–Kier alpha value is -11.6. The van der Waals surface area contributed by atoms with Crippen molar-refractivity contribution < 1.29 is 27.9 Å². The van der Waals surface area contributed by atoms with Gasteiger partial charge < -0.3 is 26.5 Å². The van der Waals surface area contributed by atoms with Gasteiger partial charge in [-0.3, -0.25) is 9.59 Å². The number of aromatic hydroxyl groups is 1. The average Bonchev–Trinajstić information content (AvgIpc) is 4.06. The molecule has 84 heavy (non-hydrogen) atoms. The molecule has 0 saturated heterocycles. The minimum absolute atomic E-state index is 0.104. The number of aromatic amines is 1. The van der Waals surface area contributed by atoms with Gasteiger partial charge in [-0.05, 0) is 59.8 Å². The molecule has 27 heteroatoms. The lowest BCUT2D eigenvalue weighted by atomic mass is 10.2. The lowest BCUT2D eigenvalue weighted by Gasteiger charge is -2.04.